The number of ether oxygens (including phenoxy) is 2. The van der Waals surface area contributed by atoms with Crippen LogP contribution in [0.1, 0.15) is 27.2 Å². The zero-order valence-electron chi connectivity index (χ0n) is 13.1. The quantitative estimate of drug-likeness (QED) is 0.876. The van der Waals surface area contributed by atoms with Crippen molar-refractivity contribution in [1.29, 1.82) is 0 Å². The molecule has 1 aromatic carbocycles. The summed E-state index contributed by atoms with van der Waals surface area (Å²) in [6.45, 7) is 1.57. The van der Waals surface area contributed by atoms with Gasteiger partial charge in [-0.1, -0.05) is 0 Å². The van der Waals surface area contributed by atoms with Crippen LogP contribution in [0.25, 0.3) is 0 Å². The lowest BCUT2D eigenvalue weighted by atomic mass is 10.1. The number of aromatic nitrogens is 1. The second-order valence-electron chi connectivity index (χ2n) is 5.45. The van der Waals surface area contributed by atoms with Crippen molar-refractivity contribution in [2.75, 3.05) is 19.0 Å². The Morgan fingerprint density at radius 3 is 3.04 bits per heavy atom. The van der Waals surface area contributed by atoms with Gasteiger partial charge in [0.15, 0.2) is 11.6 Å². The molecule has 0 radical (unpaired) electrons. The average Bonchev–Trinajstić information content (AvgIpc) is 2.59. The fourth-order valence-corrected chi connectivity index (χ4v) is 2.64. The van der Waals surface area contributed by atoms with Gasteiger partial charge in [0, 0.05) is 24.9 Å². The third-order valence-corrected chi connectivity index (χ3v) is 3.83. The van der Waals surface area contributed by atoms with E-state index in [4.69, 9.17) is 14.6 Å². The van der Waals surface area contributed by atoms with Gasteiger partial charge in [-0.3, -0.25) is 4.98 Å². The Labute approximate surface area is 138 Å². The summed E-state index contributed by atoms with van der Waals surface area (Å²) in [4.78, 5) is 15.5. The SMILES string of the molecule is COc1c(F)cc(C(=O)O)cc1NCc1cnc2c(c1)COCC2. The van der Waals surface area contributed by atoms with Crippen LogP contribution in [0.3, 0.4) is 0 Å². The van der Waals surface area contributed by atoms with Crippen molar-refractivity contribution in [3.8, 4) is 5.75 Å². The van der Waals surface area contributed by atoms with Gasteiger partial charge in [0.1, 0.15) is 0 Å². The third kappa shape index (κ3) is 3.30. The van der Waals surface area contributed by atoms with E-state index in [1.807, 2.05) is 6.07 Å². The highest BCUT2D eigenvalue weighted by Crippen LogP contribution is 2.30. The van der Waals surface area contributed by atoms with Crippen molar-refractivity contribution < 1.29 is 23.8 Å². The molecule has 0 aliphatic carbocycles. The number of nitrogens with zero attached hydrogens (tertiary/aromatic N) is 1. The molecule has 1 aliphatic rings. The van der Waals surface area contributed by atoms with E-state index in [-0.39, 0.29) is 17.0 Å². The van der Waals surface area contributed by atoms with Crippen molar-refractivity contribution in [3.05, 3.63) is 52.6 Å². The van der Waals surface area contributed by atoms with Crippen LogP contribution in [0.15, 0.2) is 24.4 Å². The number of carboxylic acids is 1. The third-order valence-electron chi connectivity index (χ3n) is 3.83. The number of rotatable bonds is 5. The van der Waals surface area contributed by atoms with Crippen LogP contribution < -0.4 is 10.1 Å². The Hall–Kier alpha value is -2.67. The topological polar surface area (TPSA) is 80.7 Å². The minimum Gasteiger partial charge on any atom is -0.492 e. The first-order chi connectivity index (χ1) is 11.6. The summed E-state index contributed by atoms with van der Waals surface area (Å²) >= 11 is 0. The molecule has 6 nitrogen and oxygen atoms in total. The molecule has 0 bridgehead atoms. The number of methoxy groups -OCH3 is 1. The van der Waals surface area contributed by atoms with Gasteiger partial charge in [-0.2, -0.15) is 0 Å². The number of nitrogens with one attached hydrogen (secondary N) is 1. The van der Waals surface area contributed by atoms with E-state index in [1.165, 1.54) is 13.2 Å². The second-order valence-corrected chi connectivity index (χ2v) is 5.45. The lowest BCUT2D eigenvalue weighted by molar-refractivity contribution is 0.0696. The predicted octanol–water partition coefficient (Wildman–Crippen LogP) is 2.61. The van der Waals surface area contributed by atoms with Crippen LogP contribution in [-0.2, 0) is 24.3 Å². The van der Waals surface area contributed by atoms with Crippen LogP contribution >= 0.6 is 0 Å². The number of carbonyl (C=O) groups is 1. The lowest BCUT2D eigenvalue weighted by Crippen LogP contribution is -2.13. The highest BCUT2D eigenvalue weighted by atomic mass is 19.1. The van der Waals surface area contributed by atoms with Gasteiger partial charge in [0.25, 0.3) is 0 Å². The highest BCUT2D eigenvalue weighted by Gasteiger charge is 2.16. The Bertz CT molecular complexity index is 779. The number of carboxylic acid groups (broad SMARTS) is 1. The van der Waals surface area contributed by atoms with E-state index < -0.39 is 11.8 Å². The Morgan fingerprint density at radius 2 is 2.29 bits per heavy atom. The first-order valence-electron chi connectivity index (χ1n) is 7.47. The summed E-state index contributed by atoms with van der Waals surface area (Å²) in [6, 6.07) is 4.27. The van der Waals surface area contributed by atoms with E-state index in [9.17, 15) is 9.18 Å². The van der Waals surface area contributed by atoms with E-state index in [1.54, 1.807) is 6.20 Å². The fraction of sp³-hybridized carbons (Fsp3) is 0.294. The first-order valence-corrected chi connectivity index (χ1v) is 7.47. The number of benzene rings is 1. The summed E-state index contributed by atoms with van der Waals surface area (Å²) in [5.41, 5.74) is 3.10. The monoisotopic (exact) mass is 332 g/mol. The molecule has 0 saturated carbocycles. The molecule has 0 saturated heterocycles. The van der Waals surface area contributed by atoms with E-state index >= 15 is 0 Å². The van der Waals surface area contributed by atoms with Gasteiger partial charge in [0.2, 0.25) is 0 Å². The maximum absolute atomic E-state index is 14.0. The first kappa shape index (κ1) is 16.2. The molecule has 2 heterocycles. The van der Waals surface area contributed by atoms with Crippen molar-refractivity contribution in [2.45, 2.75) is 19.6 Å². The zero-order valence-corrected chi connectivity index (χ0v) is 13.1. The average molecular weight is 332 g/mol. The molecular weight excluding hydrogens is 315 g/mol. The number of hydrogen-bond donors (Lipinski definition) is 2. The van der Waals surface area contributed by atoms with Crippen molar-refractivity contribution in [1.82, 2.24) is 4.98 Å². The van der Waals surface area contributed by atoms with Crippen LogP contribution in [0, 0.1) is 5.82 Å². The van der Waals surface area contributed by atoms with E-state index in [2.05, 4.69) is 10.3 Å². The smallest absolute Gasteiger partial charge is 0.335 e. The molecule has 7 heteroatoms. The fourth-order valence-electron chi connectivity index (χ4n) is 2.64. The number of hydrogen-bond acceptors (Lipinski definition) is 5. The van der Waals surface area contributed by atoms with Crippen molar-refractivity contribution in [3.63, 3.8) is 0 Å². The van der Waals surface area contributed by atoms with Gasteiger partial charge >= 0.3 is 5.97 Å². The lowest BCUT2D eigenvalue weighted by Gasteiger charge is -2.17. The normalized spacial score (nSPS) is 13.2. The molecule has 3 rings (SSSR count). The zero-order chi connectivity index (χ0) is 17.1. The molecule has 2 aromatic rings. The highest BCUT2D eigenvalue weighted by molar-refractivity contribution is 5.89. The molecule has 0 amide bonds. The number of halogens is 1. The molecule has 0 spiro atoms. The van der Waals surface area contributed by atoms with Gasteiger partial charge in [0.05, 0.1) is 31.6 Å². The van der Waals surface area contributed by atoms with Gasteiger partial charge in [-0.25, -0.2) is 9.18 Å². The number of fused-ring (bicyclic) bond motifs is 1. The van der Waals surface area contributed by atoms with E-state index in [0.717, 1.165) is 29.3 Å². The summed E-state index contributed by atoms with van der Waals surface area (Å²) < 4.78 is 24.4. The molecule has 1 aliphatic heterocycles. The van der Waals surface area contributed by atoms with Gasteiger partial charge in [-0.15, -0.1) is 0 Å². The van der Waals surface area contributed by atoms with Gasteiger partial charge < -0.3 is 19.9 Å². The van der Waals surface area contributed by atoms with Crippen LogP contribution in [0.4, 0.5) is 10.1 Å². The number of pyridine rings is 1. The molecule has 2 N–H and O–H groups in total. The largest absolute Gasteiger partial charge is 0.492 e. The molecule has 1 aromatic heterocycles. The Kier molecular flexibility index (Phi) is 4.61. The predicted molar refractivity (Wildman–Crippen MR) is 84.8 cm³/mol. The molecule has 0 unspecified atom stereocenters. The molecule has 0 atom stereocenters. The Morgan fingerprint density at radius 1 is 1.46 bits per heavy atom. The summed E-state index contributed by atoms with van der Waals surface area (Å²) in [7, 11) is 1.34. The van der Waals surface area contributed by atoms with E-state index in [0.29, 0.717) is 19.8 Å². The molecule has 24 heavy (non-hydrogen) atoms. The summed E-state index contributed by atoms with van der Waals surface area (Å²) in [5.74, 6) is -1.95. The maximum Gasteiger partial charge on any atom is 0.335 e. The molecular formula is C17H17FN2O4. The molecule has 0 fully saturated rings. The Balaban J connectivity index is 1.82. The van der Waals surface area contributed by atoms with Crippen LogP contribution in [-0.4, -0.2) is 29.8 Å². The second kappa shape index (κ2) is 6.84. The van der Waals surface area contributed by atoms with Crippen molar-refractivity contribution in [2.24, 2.45) is 0 Å². The van der Waals surface area contributed by atoms with Crippen LogP contribution in [0.5, 0.6) is 5.75 Å². The van der Waals surface area contributed by atoms with Crippen LogP contribution in [0.2, 0.25) is 0 Å². The van der Waals surface area contributed by atoms with Crippen molar-refractivity contribution >= 4 is 11.7 Å². The minimum absolute atomic E-state index is 0.0192. The summed E-state index contributed by atoms with van der Waals surface area (Å²) in [5, 5.41) is 12.1. The minimum atomic E-state index is -1.20. The number of aromatic carboxylic acids is 1. The van der Waals surface area contributed by atoms with Gasteiger partial charge in [-0.05, 0) is 29.3 Å². The standard InChI is InChI=1S/C17H17FN2O4/c1-23-16-13(18)5-11(17(21)22)6-15(16)20-8-10-4-12-9-24-3-2-14(12)19-7-10/h4-7,20H,2-3,8-9H2,1H3,(H,21,22). The number of anilines is 1. The maximum atomic E-state index is 14.0. The molecule has 126 valence electrons. The summed E-state index contributed by atoms with van der Waals surface area (Å²) in [6.07, 6.45) is 2.55.